The van der Waals surface area contributed by atoms with E-state index in [-0.39, 0.29) is 17.7 Å². The number of likely N-dealkylation sites (tertiary alicyclic amines) is 1. The zero-order chi connectivity index (χ0) is 18.0. The van der Waals surface area contributed by atoms with Gasteiger partial charge in [-0.25, -0.2) is 4.98 Å². The Morgan fingerprint density at radius 2 is 1.92 bits per heavy atom. The molecule has 0 unspecified atom stereocenters. The van der Waals surface area contributed by atoms with Crippen LogP contribution in [0, 0.1) is 12.8 Å². The summed E-state index contributed by atoms with van der Waals surface area (Å²) in [6.45, 7) is 5.17. The van der Waals surface area contributed by atoms with Crippen LogP contribution in [0.3, 0.4) is 0 Å². The van der Waals surface area contributed by atoms with Gasteiger partial charge in [0.15, 0.2) is 0 Å². The minimum absolute atomic E-state index is 0.0588. The van der Waals surface area contributed by atoms with Crippen molar-refractivity contribution in [1.29, 1.82) is 0 Å². The molecule has 136 valence electrons. The Morgan fingerprint density at radius 1 is 1.20 bits per heavy atom. The number of hydrogen-bond acceptors (Lipinski definition) is 6. The molecule has 2 amide bonds. The number of aromatic nitrogens is 2. The number of ether oxygens (including phenoxy) is 1. The van der Waals surface area contributed by atoms with Crippen molar-refractivity contribution in [2.24, 2.45) is 5.92 Å². The molecule has 2 fully saturated rings. The van der Waals surface area contributed by atoms with Gasteiger partial charge in [-0.15, -0.1) is 0 Å². The van der Waals surface area contributed by atoms with Gasteiger partial charge in [-0.05, 0) is 13.3 Å². The molecule has 1 aromatic heterocycles. The molecule has 0 bridgehead atoms. The number of piperidine rings is 1. The molecule has 0 aromatic carbocycles. The Balaban J connectivity index is 1.59. The Bertz CT molecular complexity index is 658. The third-order valence-electron chi connectivity index (χ3n) is 4.91. The number of rotatable bonds is 3. The van der Waals surface area contributed by atoms with E-state index >= 15 is 0 Å². The van der Waals surface area contributed by atoms with E-state index in [9.17, 15) is 9.59 Å². The van der Waals surface area contributed by atoms with E-state index in [1.807, 2.05) is 11.8 Å². The van der Waals surface area contributed by atoms with Crippen molar-refractivity contribution < 1.29 is 14.3 Å². The second-order valence-corrected chi connectivity index (χ2v) is 6.67. The van der Waals surface area contributed by atoms with Crippen LogP contribution in [-0.4, -0.2) is 78.5 Å². The molecule has 3 heterocycles. The Morgan fingerprint density at radius 3 is 2.56 bits per heavy atom. The number of aryl methyl sites for hydroxylation is 1. The van der Waals surface area contributed by atoms with Crippen LogP contribution in [0.1, 0.15) is 18.5 Å². The van der Waals surface area contributed by atoms with Crippen molar-refractivity contribution in [3.8, 4) is 5.88 Å². The maximum absolute atomic E-state index is 12.7. The predicted molar refractivity (Wildman–Crippen MR) is 92.5 cm³/mol. The molecule has 2 aliphatic heterocycles. The maximum atomic E-state index is 12.7. The molecule has 0 aliphatic carbocycles. The van der Waals surface area contributed by atoms with E-state index in [2.05, 4.69) is 14.9 Å². The van der Waals surface area contributed by atoms with Crippen LogP contribution < -0.4 is 9.64 Å². The van der Waals surface area contributed by atoms with Gasteiger partial charge in [0.2, 0.25) is 23.6 Å². The lowest BCUT2D eigenvalue weighted by Crippen LogP contribution is -2.52. The summed E-state index contributed by atoms with van der Waals surface area (Å²) >= 11 is 0. The van der Waals surface area contributed by atoms with E-state index in [1.54, 1.807) is 25.1 Å². The highest BCUT2D eigenvalue weighted by atomic mass is 16.5. The van der Waals surface area contributed by atoms with Crippen molar-refractivity contribution in [1.82, 2.24) is 19.8 Å². The molecule has 8 nitrogen and oxygen atoms in total. The standard InChI is InChI=1S/C17H25N5O3/c1-12-10-14(25-3)19-17(18-12)22-8-6-21(7-9-22)16(24)13-4-5-20(2)15(23)11-13/h10,13H,4-9,11H2,1-3H3/t13-/m0/s1. The maximum Gasteiger partial charge on any atom is 0.228 e. The topological polar surface area (TPSA) is 78.9 Å². The molecule has 0 radical (unpaired) electrons. The number of amides is 2. The summed E-state index contributed by atoms with van der Waals surface area (Å²) in [5, 5.41) is 0. The van der Waals surface area contributed by atoms with Crippen molar-refractivity contribution in [2.75, 3.05) is 51.8 Å². The van der Waals surface area contributed by atoms with Gasteiger partial charge < -0.3 is 19.4 Å². The van der Waals surface area contributed by atoms with Crippen molar-refractivity contribution in [2.45, 2.75) is 19.8 Å². The average Bonchev–Trinajstić information content (AvgIpc) is 2.63. The number of anilines is 1. The van der Waals surface area contributed by atoms with Crippen LogP contribution >= 0.6 is 0 Å². The highest BCUT2D eigenvalue weighted by molar-refractivity contribution is 5.87. The third kappa shape index (κ3) is 3.83. The van der Waals surface area contributed by atoms with Gasteiger partial charge in [-0.3, -0.25) is 9.59 Å². The Kier molecular flexibility index (Phi) is 5.06. The number of methoxy groups -OCH3 is 1. The lowest BCUT2D eigenvalue weighted by atomic mass is 9.94. The molecule has 0 spiro atoms. The summed E-state index contributed by atoms with van der Waals surface area (Å²) in [6.07, 6.45) is 1.08. The molecule has 0 N–H and O–H groups in total. The lowest BCUT2D eigenvalue weighted by Gasteiger charge is -2.38. The quantitative estimate of drug-likeness (QED) is 0.783. The molecule has 1 atom stereocenters. The van der Waals surface area contributed by atoms with Crippen LogP contribution in [0.15, 0.2) is 6.07 Å². The molecule has 8 heteroatoms. The summed E-state index contributed by atoms with van der Waals surface area (Å²) in [5.41, 5.74) is 0.852. The fourth-order valence-electron chi connectivity index (χ4n) is 3.31. The highest BCUT2D eigenvalue weighted by Crippen LogP contribution is 2.22. The summed E-state index contributed by atoms with van der Waals surface area (Å²) in [7, 11) is 3.38. The number of nitrogens with zero attached hydrogens (tertiary/aromatic N) is 5. The number of carbonyl (C=O) groups is 2. The van der Waals surface area contributed by atoms with Gasteiger partial charge in [0, 0.05) is 63.9 Å². The second-order valence-electron chi connectivity index (χ2n) is 6.67. The fraction of sp³-hybridized carbons (Fsp3) is 0.647. The second kappa shape index (κ2) is 7.25. The van der Waals surface area contributed by atoms with Gasteiger partial charge in [-0.2, -0.15) is 4.98 Å². The van der Waals surface area contributed by atoms with Crippen LogP contribution in [-0.2, 0) is 9.59 Å². The van der Waals surface area contributed by atoms with Crippen LogP contribution in [0.25, 0.3) is 0 Å². The van der Waals surface area contributed by atoms with E-state index in [0.29, 0.717) is 51.0 Å². The molecular weight excluding hydrogens is 322 g/mol. The monoisotopic (exact) mass is 347 g/mol. The summed E-state index contributed by atoms with van der Waals surface area (Å²) in [5.74, 6) is 1.17. The van der Waals surface area contributed by atoms with Gasteiger partial charge in [0.1, 0.15) is 0 Å². The molecule has 3 rings (SSSR count). The van der Waals surface area contributed by atoms with Crippen LogP contribution in [0.4, 0.5) is 5.95 Å². The Hall–Kier alpha value is -2.38. The molecule has 2 aliphatic rings. The van der Waals surface area contributed by atoms with E-state index in [0.717, 1.165) is 12.1 Å². The minimum atomic E-state index is -0.175. The zero-order valence-corrected chi connectivity index (χ0v) is 15.1. The SMILES string of the molecule is COc1cc(C)nc(N2CCN(C(=O)[C@H]3CCN(C)C(=O)C3)CC2)n1. The Labute approximate surface area is 147 Å². The number of carbonyl (C=O) groups excluding carboxylic acids is 2. The van der Waals surface area contributed by atoms with Crippen molar-refractivity contribution in [3.05, 3.63) is 11.8 Å². The van der Waals surface area contributed by atoms with E-state index < -0.39 is 0 Å². The first-order valence-electron chi connectivity index (χ1n) is 8.65. The minimum Gasteiger partial charge on any atom is -0.481 e. The van der Waals surface area contributed by atoms with Crippen molar-refractivity contribution >= 4 is 17.8 Å². The zero-order valence-electron chi connectivity index (χ0n) is 15.1. The number of piperazine rings is 1. The van der Waals surface area contributed by atoms with Gasteiger partial charge in [0.25, 0.3) is 0 Å². The van der Waals surface area contributed by atoms with Gasteiger partial charge in [0.05, 0.1) is 7.11 Å². The van der Waals surface area contributed by atoms with Crippen LogP contribution in [0.2, 0.25) is 0 Å². The average molecular weight is 347 g/mol. The molecule has 2 saturated heterocycles. The predicted octanol–water partition coefficient (Wildman–Crippen LogP) is 0.311. The summed E-state index contributed by atoms with van der Waals surface area (Å²) in [4.78, 5) is 39.0. The lowest BCUT2D eigenvalue weighted by molar-refractivity contribution is -0.144. The number of hydrogen-bond donors (Lipinski definition) is 0. The van der Waals surface area contributed by atoms with E-state index in [1.165, 1.54) is 0 Å². The van der Waals surface area contributed by atoms with Crippen molar-refractivity contribution in [3.63, 3.8) is 0 Å². The normalized spacial score (nSPS) is 21.5. The smallest absolute Gasteiger partial charge is 0.228 e. The molecular formula is C17H25N5O3. The highest BCUT2D eigenvalue weighted by Gasteiger charge is 2.33. The van der Waals surface area contributed by atoms with E-state index in [4.69, 9.17) is 4.74 Å². The first-order valence-corrected chi connectivity index (χ1v) is 8.65. The van der Waals surface area contributed by atoms with Gasteiger partial charge >= 0.3 is 0 Å². The first kappa shape index (κ1) is 17.4. The third-order valence-corrected chi connectivity index (χ3v) is 4.91. The largest absolute Gasteiger partial charge is 0.481 e. The first-order chi connectivity index (χ1) is 12.0. The van der Waals surface area contributed by atoms with Gasteiger partial charge in [-0.1, -0.05) is 0 Å². The molecule has 0 saturated carbocycles. The molecule has 25 heavy (non-hydrogen) atoms. The van der Waals surface area contributed by atoms with Crippen LogP contribution in [0.5, 0.6) is 5.88 Å². The summed E-state index contributed by atoms with van der Waals surface area (Å²) < 4.78 is 5.21. The molecule has 1 aromatic rings. The summed E-state index contributed by atoms with van der Waals surface area (Å²) in [6, 6.07) is 1.79. The fourth-order valence-corrected chi connectivity index (χ4v) is 3.31.